The third kappa shape index (κ3) is 3.90. The number of benzene rings is 3. The molecule has 1 aliphatic heterocycles. The van der Waals surface area contributed by atoms with Crippen LogP contribution in [0.15, 0.2) is 82.1 Å². The van der Waals surface area contributed by atoms with Crippen LogP contribution in [-0.2, 0) is 16.6 Å². The van der Waals surface area contributed by atoms with Gasteiger partial charge in [0.2, 0.25) is 0 Å². The molecule has 0 saturated heterocycles. The highest BCUT2D eigenvalue weighted by atomic mass is 32.2. The van der Waals surface area contributed by atoms with Crippen LogP contribution in [0.25, 0.3) is 0 Å². The lowest BCUT2D eigenvalue weighted by atomic mass is 10.1. The Hall–Kier alpha value is -3.45. The molecule has 0 aromatic heterocycles. The molecule has 7 heteroatoms. The number of carbonyl (C=O) groups is 1. The molecule has 6 nitrogen and oxygen atoms in total. The van der Waals surface area contributed by atoms with Gasteiger partial charge >= 0.3 is 0 Å². The maximum atomic E-state index is 12.4. The molecule has 1 amide bonds. The van der Waals surface area contributed by atoms with Crippen LogP contribution in [0, 0.1) is 6.92 Å². The van der Waals surface area contributed by atoms with Crippen molar-refractivity contribution in [1.82, 2.24) is 5.32 Å². The van der Waals surface area contributed by atoms with Gasteiger partial charge in [-0.25, -0.2) is 0 Å². The van der Waals surface area contributed by atoms with Gasteiger partial charge in [-0.2, -0.15) is 8.42 Å². The lowest BCUT2D eigenvalue weighted by Crippen LogP contribution is -2.23. The molecular formula is C22H19N3O3S. The molecule has 0 radical (unpaired) electrons. The lowest BCUT2D eigenvalue weighted by Gasteiger charge is -2.09. The molecule has 2 N–H and O–H groups in total. The average Bonchev–Trinajstić information content (AvgIpc) is 2.98. The monoisotopic (exact) mass is 405 g/mol. The standard InChI is InChI=1S/C22H19N3O3S/c1-15-6-2-3-7-17(15)14-23-22(26)16-10-12-18(13-11-16)24-21-19-8-4-5-9-20(19)29(27,28)25-21/h2-13H,14H2,1H3,(H,23,26)(H,24,25). The summed E-state index contributed by atoms with van der Waals surface area (Å²) in [7, 11) is -3.67. The van der Waals surface area contributed by atoms with Crippen LogP contribution in [0.2, 0.25) is 0 Å². The summed E-state index contributed by atoms with van der Waals surface area (Å²) in [4.78, 5) is 12.6. The first-order chi connectivity index (χ1) is 13.9. The molecule has 0 spiro atoms. The van der Waals surface area contributed by atoms with Crippen molar-refractivity contribution in [2.45, 2.75) is 18.4 Å². The van der Waals surface area contributed by atoms with Gasteiger partial charge in [0, 0.05) is 23.4 Å². The first-order valence-electron chi connectivity index (χ1n) is 9.08. The Kier molecular flexibility index (Phi) is 4.90. The normalized spacial score (nSPS) is 14.0. The zero-order chi connectivity index (χ0) is 20.4. The van der Waals surface area contributed by atoms with Gasteiger partial charge in [0.15, 0.2) is 5.84 Å². The Morgan fingerprint density at radius 1 is 0.931 bits per heavy atom. The molecule has 0 aliphatic carbocycles. The predicted octanol–water partition coefficient (Wildman–Crippen LogP) is 3.49. The van der Waals surface area contributed by atoms with Gasteiger partial charge in [-0.1, -0.05) is 36.4 Å². The van der Waals surface area contributed by atoms with E-state index in [0.29, 0.717) is 23.4 Å². The molecule has 1 heterocycles. The summed E-state index contributed by atoms with van der Waals surface area (Å²) in [6.07, 6.45) is 0. The highest BCUT2D eigenvalue weighted by Crippen LogP contribution is 2.26. The van der Waals surface area contributed by atoms with E-state index in [9.17, 15) is 13.2 Å². The SMILES string of the molecule is Cc1ccccc1CNC(=O)c1ccc(NC2=NS(=O)(=O)c3ccccc32)cc1. The molecule has 0 bridgehead atoms. The fraction of sp³-hybridized carbons (Fsp3) is 0.0909. The summed E-state index contributed by atoms with van der Waals surface area (Å²) in [6.45, 7) is 2.46. The molecule has 4 rings (SSSR count). The van der Waals surface area contributed by atoms with Gasteiger partial charge in [0.25, 0.3) is 15.9 Å². The fourth-order valence-electron chi connectivity index (χ4n) is 3.12. The van der Waals surface area contributed by atoms with Crippen LogP contribution in [-0.4, -0.2) is 20.2 Å². The van der Waals surface area contributed by atoms with Gasteiger partial charge in [0.1, 0.15) is 4.90 Å². The maximum Gasteiger partial charge on any atom is 0.285 e. The van der Waals surface area contributed by atoms with E-state index in [1.165, 1.54) is 6.07 Å². The van der Waals surface area contributed by atoms with E-state index >= 15 is 0 Å². The number of amides is 1. The molecule has 3 aromatic rings. The van der Waals surface area contributed by atoms with Crippen molar-refractivity contribution in [3.05, 3.63) is 95.1 Å². The number of nitrogens with zero attached hydrogens (tertiary/aromatic N) is 1. The molecule has 146 valence electrons. The van der Waals surface area contributed by atoms with Gasteiger partial charge in [-0.05, 0) is 54.4 Å². The summed E-state index contributed by atoms with van der Waals surface area (Å²) in [5, 5.41) is 5.93. The summed E-state index contributed by atoms with van der Waals surface area (Å²) >= 11 is 0. The van der Waals surface area contributed by atoms with Crippen molar-refractivity contribution < 1.29 is 13.2 Å². The zero-order valence-electron chi connectivity index (χ0n) is 15.7. The number of hydrogen-bond donors (Lipinski definition) is 2. The van der Waals surface area contributed by atoms with Crippen LogP contribution < -0.4 is 10.6 Å². The van der Waals surface area contributed by atoms with Crippen molar-refractivity contribution in [1.29, 1.82) is 0 Å². The molecule has 0 atom stereocenters. The second kappa shape index (κ2) is 7.52. The van der Waals surface area contributed by atoms with Gasteiger partial charge in [-0.15, -0.1) is 4.40 Å². The zero-order valence-corrected chi connectivity index (χ0v) is 16.5. The maximum absolute atomic E-state index is 12.4. The Labute approximate surface area is 169 Å². The second-order valence-corrected chi connectivity index (χ2v) is 8.30. The number of aryl methyl sites for hydroxylation is 1. The molecule has 3 aromatic carbocycles. The minimum absolute atomic E-state index is 0.175. The van der Waals surface area contributed by atoms with Crippen LogP contribution in [0.4, 0.5) is 5.69 Å². The average molecular weight is 405 g/mol. The molecule has 29 heavy (non-hydrogen) atoms. The third-order valence-corrected chi connectivity index (χ3v) is 6.08. The number of hydrogen-bond acceptors (Lipinski definition) is 4. The largest absolute Gasteiger partial charge is 0.348 e. The smallest absolute Gasteiger partial charge is 0.285 e. The highest BCUT2D eigenvalue weighted by Gasteiger charge is 2.28. The topological polar surface area (TPSA) is 87.6 Å². The van der Waals surface area contributed by atoms with E-state index in [2.05, 4.69) is 15.0 Å². The number of nitrogens with one attached hydrogen (secondary N) is 2. The number of anilines is 1. The van der Waals surface area contributed by atoms with Crippen LogP contribution in [0.1, 0.15) is 27.0 Å². The minimum Gasteiger partial charge on any atom is -0.348 e. The Bertz CT molecular complexity index is 1220. The fourth-order valence-corrected chi connectivity index (χ4v) is 4.30. The summed E-state index contributed by atoms with van der Waals surface area (Å²) in [5.74, 6) is 0.100. The minimum atomic E-state index is -3.67. The van der Waals surface area contributed by atoms with Gasteiger partial charge in [0.05, 0.1) is 0 Å². The van der Waals surface area contributed by atoms with Crippen molar-refractivity contribution >= 4 is 27.5 Å². The predicted molar refractivity (Wildman–Crippen MR) is 113 cm³/mol. The van der Waals surface area contributed by atoms with E-state index in [-0.39, 0.29) is 16.6 Å². The van der Waals surface area contributed by atoms with Crippen LogP contribution in [0.5, 0.6) is 0 Å². The van der Waals surface area contributed by atoms with Crippen molar-refractivity contribution in [2.75, 3.05) is 5.32 Å². The Morgan fingerprint density at radius 3 is 2.38 bits per heavy atom. The molecule has 0 unspecified atom stereocenters. The number of sulfonamides is 1. The Morgan fingerprint density at radius 2 is 1.62 bits per heavy atom. The summed E-state index contributed by atoms with van der Waals surface area (Å²) in [6, 6.07) is 21.4. The number of rotatable bonds is 4. The van der Waals surface area contributed by atoms with E-state index in [0.717, 1.165) is 11.1 Å². The number of amidine groups is 1. The van der Waals surface area contributed by atoms with Crippen LogP contribution in [0.3, 0.4) is 0 Å². The first-order valence-corrected chi connectivity index (χ1v) is 10.5. The Balaban J connectivity index is 1.45. The molecule has 0 fully saturated rings. The van der Waals surface area contributed by atoms with E-state index in [4.69, 9.17) is 0 Å². The lowest BCUT2D eigenvalue weighted by molar-refractivity contribution is 0.0951. The van der Waals surface area contributed by atoms with E-state index < -0.39 is 10.0 Å². The van der Waals surface area contributed by atoms with Crippen LogP contribution >= 0.6 is 0 Å². The van der Waals surface area contributed by atoms with E-state index in [1.54, 1.807) is 42.5 Å². The van der Waals surface area contributed by atoms with Crippen molar-refractivity contribution in [3.63, 3.8) is 0 Å². The molecular weight excluding hydrogens is 386 g/mol. The first kappa shape index (κ1) is 18.9. The van der Waals surface area contributed by atoms with Gasteiger partial charge < -0.3 is 10.6 Å². The van der Waals surface area contributed by atoms with Crippen molar-refractivity contribution in [3.8, 4) is 0 Å². The second-order valence-electron chi connectivity index (χ2n) is 6.72. The third-order valence-electron chi connectivity index (χ3n) is 4.74. The highest BCUT2D eigenvalue weighted by molar-refractivity contribution is 7.90. The van der Waals surface area contributed by atoms with Gasteiger partial charge in [-0.3, -0.25) is 4.79 Å². The molecule has 0 saturated carbocycles. The summed E-state index contributed by atoms with van der Waals surface area (Å²) < 4.78 is 28.1. The number of carbonyl (C=O) groups excluding carboxylic acids is 1. The summed E-state index contributed by atoms with van der Waals surface area (Å²) in [5.41, 5.74) is 3.89. The van der Waals surface area contributed by atoms with Crippen molar-refractivity contribution in [2.24, 2.45) is 4.40 Å². The quantitative estimate of drug-likeness (QED) is 0.696. The molecule has 1 aliphatic rings. The van der Waals surface area contributed by atoms with E-state index in [1.807, 2.05) is 31.2 Å². The number of fused-ring (bicyclic) bond motifs is 1.